The van der Waals surface area contributed by atoms with Crippen molar-refractivity contribution in [1.29, 1.82) is 0 Å². The van der Waals surface area contributed by atoms with E-state index < -0.39 is 0 Å². The van der Waals surface area contributed by atoms with Crippen molar-refractivity contribution in [1.82, 2.24) is 5.32 Å². The molecule has 1 N–H and O–H groups in total. The second-order valence-electron chi connectivity index (χ2n) is 4.77. The third-order valence-corrected chi connectivity index (χ3v) is 3.05. The van der Waals surface area contributed by atoms with Gasteiger partial charge in [0.25, 0.3) is 5.91 Å². The molecular formula is C17H17FN2O2. The summed E-state index contributed by atoms with van der Waals surface area (Å²) in [6.07, 6.45) is 1.57. The molecule has 2 rings (SSSR count). The molecule has 22 heavy (non-hydrogen) atoms. The topological polar surface area (TPSA) is 50.7 Å². The van der Waals surface area contributed by atoms with Gasteiger partial charge in [-0.3, -0.25) is 4.79 Å². The number of benzene rings is 2. The van der Waals surface area contributed by atoms with E-state index in [9.17, 15) is 9.18 Å². The van der Waals surface area contributed by atoms with Crippen LogP contribution in [-0.4, -0.2) is 18.7 Å². The largest absolute Gasteiger partial charge is 0.386 e. The molecule has 0 aliphatic rings. The molecule has 0 aliphatic carbocycles. The Hall–Kier alpha value is -2.69. The van der Waals surface area contributed by atoms with Crippen LogP contribution in [0.5, 0.6) is 0 Å². The van der Waals surface area contributed by atoms with Crippen molar-refractivity contribution in [3.05, 3.63) is 71.0 Å². The number of amides is 1. The van der Waals surface area contributed by atoms with Crippen LogP contribution in [0.1, 0.15) is 16.7 Å². The lowest BCUT2D eigenvalue weighted by Crippen LogP contribution is -2.26. The highest BCUT2D eigenvalue weighted by Gasteiger charge is 2.01. The minimum Gasteiger partial charge on any atom is -0.386 e. The molecule has 2 aromatic rings. The summed E-state index contributed by atoms with van der Waals surface area (Å²) in [6.45, 7) is 2.13. The Morgan fingerprint density at radius 3 is 2.68 bits per heavy atom. The van der Waals surface area contributed by atoms with Gasteiger partial charge in [-0.2, -0.15) is 0 Å². The van der Waals surface area contributed by atoms with E-state index in [4.69, 9.17) is 4.84 Å². The number of nitrogens with zero attached hydrogens (tertiary/aromatic N) is 1. The molecule has 0 bridgehead atoms. The van der Waals surface area contributed by atoms with E-state index in [1.165, 1.54) is 12.1 Å². The zero-order valence-corrected chi connectivity index (χ0v) is 12.3. The van der Waals surface area contributed by atoms with E-state index in [-0.39, 0.29) is 18.3 Å². The molecule has 0 saturated carbocycles. The lowest BCUT2D eigenvalue weighted by molar-refractivity contribution is -0.125. The number of aryl methyl sites for hydroxylation is 1. The van der Waals surface area contributed by atoms with Crippen molar-refractivity contribution in [3.8, 4) is 0 Å². The van der Waals surface area contributed by atoms with E-state index in [0.717, 1.165) is 16.7 Å². The van der Waals surface area contributed by atoms with Crippen molar-refractivity contribution in [2.75, 3.05) is 6.61 Å². The van der Waals surface area contributed by atoms with E-state index in [2.05, 4.69) is 10.5 Å². The average molecular weight is 300 g/mol. The number of nitrogens with one attached hydrogen (secondary N) is 1. The zero-order chi connectivity index (χ0) is 15.8. The first kappa shape index (κ1) is 15.7. The molecule has 114 valence electrons. The summed E-state index contributed by atoms with van der Waals surface area (Å²) in [7, 11) is 0. The van der Waals surface area contributed by atoms with E-state index >= 15 is 0 Å². The Kier molecular flexibility index (Phi) is 5.65. The number of halogens is 1. The summed E-state index contributed by atoms with van der Waals surface area (Å²) in [5, 5.41) is 6.44. The fourth-order valence-electron chi connectivity index (χ4n) is 1.78. The standard InChI is InChI=1S/C17H17FN2O2/c1-13-4-2-3-5-15(13)11-20-22-12-17(21)19-10-14-6-8-16(18)9-7-14/h2-9,11H,10,12H2,1H3,(H,19,21)/b20-11+. The number of rotatable bonds is 6. The molecule has 0 spiro atoms. The second kappa shape index (κ2) is 7.93. The maximum Gasteiger partial charge on any atom is 0.261 e. The predicted octanol–water partition coefficient (Wildman–Crippen LogP) is 2.80. The Morgan fingerprint density at radius 2 is 1.95 bits per heavy atom. The van der Waals surface area contributed by atoms with Crippen LogP contribution in [0.2, 0.25) is 0 Å². The molecule has 5 heteroatoms. The lowest BCUT2D eigenvalue weighted by Gasteiger charge is -2.04. The minimum absolute atomic E-state index is 0.163. The molecule has 0 heterocycles. The molecular weight excluding hydrogens is 283 g/mol. The van der Waals surface area contributed by atoms with Crippen molar-refractivity contribution >= 4 is 12.1 Å². The van der Waals surface area contributed by atoms with Gasteiger partial charge in [0.05, 0.1) is 6.21 Å². The van der Waals surface area contributed by atoms with Crippen LogP contribution in [0.15, 0.2) is 53.7 Å². The summed E-state index contributed by atoms with van der Waals surface area (Å²) in [5.74, 6) is -0.588. The van der Waals surface area contributed by atoms with Crippen molar-refractivity contribution < 1.29 is 14.0 Å². The first-order valence-electron chi connectivity index (χ1n) is 6.87. The van der Waals surface area contributed by atoms with Crippen molar-refractivity contribution in [3.63, 3.8) is 0 Å². The summed E-state index contributed by atoms with van der Waals surface area (Å²) in [4.78, 5) is 16.5. The van der Waals surface area contributed by atoms with Gasteiger partial charge in [0.2, 0.25) is 0 Å². The fourth-order valence-corrected chi connectivity index (χ4v) is 1.78. The van der Waals surface area contributed by atoms with Crippen LogP contribution in [0.4, 0.5) is 4.39 Å². The SMILES string of the molecule is Cc1ccccc1/C=N/OCC(=O)NCc1ccc(F)cc1. The second-order valence-corrected chi connectivity index (χ2v) is 4.77. The monoisotopic (exact) mass is 300 g/mol. The molecule has 0 aliphatic heterocycles. The van der Waals surface area contributed by atoms with Gasteiger partial charge in [0, 0.05) is 6.54 Å². The fraction of sp³-hybridized carbons (Fsp3) is 0.176. The maximum absolute atomic E-state index is 12.7. The van der Waals surface area contributed by atoms with Gasteiger partial charge in [-0.1, -0.05) is 41.6 Å². The minimum atomic E-state index is -0.302. The quantitative estimate of drug-likeness (QED) is 0.659. The Morgan fingerprint density at radius 1 is 1.23 bits per heavy atom. The van der Waals surface area contributed by atoms with Crippen LogP contribution < -0.4 is 5.32 Å². The van der Waals surface area contributed by atoms with E-state index in [1.54, 1.807) is 18.3 Å². The van der Waals surface area contributed by atoms with Crippen LogP contribution in [0.3, 0.4) is 0 Å². The number of oxime groups is 1. The molecule has 2 aromatic carbocycles. The first-order chi connectivity index (χ1) is 10.6. The van der Waals surface area contributed by atoms with Crippen LogP contribution in [-0.2, 0) is 16.2 Å². The lowest BCUT2D eigenvalue weighted by atomic mass is 10.1. The molecule has 0 saturated heterocycles. The van der Waals surface area contributed by atoms with Gasteiger partial charge < -0.3 is 10.2 Å². The van der Waals surface area contributed by atoms with E-state index in [1.807, 2.05) is 31.2 Å². The Balaban J connectivity index is 1.72. The van der Waals surface area contributed by atoms with Gasteiger partial charge in [0.1, 0.15) is 5.82 Å². The Bertz CT molecular complexity index is 654. The van der Waals surface area contributed by atoms with Crippen LogP contribution >= 0.6 is 0 Å². The summed E-state index contributed by atoms with van der Waals surface area (Å²) < 4.78 is 12.7. The molecule has 1 amide bonds. The summed E-state index contributed by atoms with van der Waals surface area (Å²) >= 11 is 0. The highest BCUT2D eigenvalue weighted by atomic mass is 19.1. The normalized spacial score (nSPS) is 10.6. The van der Waals surface area contributed by atoms with Gasteiger partial charge in [-0.15, -0.1) is 0 Å². The number of hydrogen-bond donors (Lipinski definition) is 1. The van der Waals surface area contributed by atoms with Crippen LogP contribution in [0.25, 0.3) is 0 Å². The third-order valence-electron chi connectivity index (χ3n) is 3.05. The van der Waals surface area contributed by atoms with Gasteiger partial charge in [-0.25, -0.2) is 4.39 Å². The van der Waals surface area contributed by atoms with Gasteiger partial charge >= 0.3 is 0 Å². The summed E-state index contributed by atoms with van der Waals surface area (Å²) in [6, 6.07) is 13.7. The molecule has 0 aromatic heterocycles. The number of hydrogen-bond acceptors (Lipinski definition) is 3. The highest BCUT2D eigenvalue weighted by molar-refractivity contribution is 5.81. The van der Waals surface area contributed by atoms with Gasteiger partial charge in [-0.05, 0) is 35.7 Å². The van der Waals surface area contributed by atoms with Crippen LogP contribution in [0, 0.1) is 12.7 Å². The molecule has 0 radical (unpaired) electrons. The molecule has 0 unspecified atom stereocenters. The first-order valence-corrected chi connectivity index (χ1v) is 6.87. The molecule has 4 nitrogen and oxygen atoms in total. The third kappa shape index (κ3) is 5.01. The molecule has 0 fully saturated rings. The number of carbonyl (C=O) groups excluding carboxylic acids is 1. The summed E-state index contributed by atoms with van der Waals surface area (Å²) in [5.41, 5.74) is 2.84. The molecule has 0 atom stereocenters. The predicted molar refractivity (Wildman–Crippen MR) is 83.0 cm³/mol. The zero-order valence-electron chi connectivity index (χ0n) is 12.3. The smallest absolute Gasteiger partial charge is 0.261 e. The van der Waals surface area contributed by atoms with Gasteiger partial charge in [0.15, 0.2) is 6.61 Å². The maximum atomic E-state index is 12.7. The number of carbonyl (C=O) groups is 1. The Labute approximate surface area is 128 Å². The highest BCUT2D eigenvalue weighted by Crippen LogP contribution is 2.04. The average Bonchev–Trinajstić information content (AvgIpc) is 2.52. The van der Waals surface area contributed by atoms with Crippen molar-refractivity contribution in [2.24, 2.45) is 5.16 Å². The van der Waals surface area contributed by atoms with Crippen molar-refractivity contribution in [2.45, 2.75) is 13.5 Å². The van der Waals surface area contributed by atoms with E-state index in [0.29, 0.717) is 6.54 Å².